The largest absolute Gasteiger partial charge is 0.497 e. The third-order valence-corrected chi connectivity index (χ3v) is 4.21. The lowest BCUT2D eigenvalue weighted by Crippen LogP contribution is -2.16. The van der Waals surface area contributed by atoms with Crippen LogP contribution in [0, 0.1) is 11.8 Å². The summed E-state index contributed by atoms with van der Waals surface area (Å²) in [6.45, 7) is 4.61. The number of methoxy groups -OCH3 is 1. The molecule has 1 rings (SSSR count). The average molecular weight is 299 g/mol. The van der Waals surface area contributed by atoms with E-state index >= 15 is 0 Å². The van der Waals surface area contributed by atoms with E-state index in [0.29, 0.717) is 5.92 Å². The predicted octanol–water partition coefficient (Wildman–Crippen LogP) is 4.69. The van der Waals surface area contributed by atoms with Gasteiger partial charge >= 0.3 is 0 Å². The van der Waals surface area contributed by atoms with Crippen LogP contribution in [0.15, 0.2) is 24.3 Å². The molecule has 0 amide bonds. The first-order valence-electron chi connectivity index (χ1n) is 6.40. The van der Waals surface area contributed by atoms with Gasteiger partial charge in [-0.2, -0.15) is 0 Å². The highest BCUT2D eigenvalue weighted by molar-refractivity contribution is 9.09. The lowest BCUT2D eigenvalue weighted by atomic mass is 9.87. The first-order chi connectivity index (χ1) is 8.21. The molecular formula is C15H23BrO. The molecule has 1 aromatic carbocycles. The molecule has 96 valence electrons. The summed E-state index contributed by atoms with van der Waals surface area (Å²) in [6, 6.07) is 8.41. The van der Waals surface area contributed by atoms with Gasteiger partial charge in [0.1, 0.15) is 5.75 Å². The van der Waals surface area contributed by atoms with E-state index in [1.807, 2.05) is 6.07 Å². The molecule has 1 aromatic rings. The summed E-state index contributed by atoms with van der Waals surface area (Å²) < 4.78 is 5.27. The Balaban J connectivity index is 2.66. The van der Waals surface area contributed by atoms with Crippen molar-refractivity contribution in [1.29, 1.82) is 0 Å². The Morgan fingerprint density at radius 1 is 1.35 bits per heavy atom. The van der Waals surface area contributed by atoms with Crippen LogP contribution in [-0.2, 0) is 6.42 Å². The molecule has 0 aliphatic carbocycles. The normalized spacial score (nSPS) is 14.4. The third-order valence-electron chi connectivity index (χ3n) is 3.38. The molecule has 0 N–H and O–H groups in total. The summed E-state index contributed by atoms with van der Waals surface area (Å²) in [5.41, 5.74) is 1.37. The van der Waals surface area contributed by atoms with Crippen molar-refractivity contribution in [1.82, 2.24) is 0 Å². The molecule has 0 aliphatic rings. The molecule has 1 nitrogen and oxygen atoms in total. The Bertz CT molecular complexity index is 324. The molecule has 17 heavy (non-hydrogen) atoms. The fourth-order valence-electron chi connectivity index (χ4n) is 2.20. The topological polar surface area (TPSA) is 9.23 Å². The number of alkyl halides is 1. The maximum absolute atomic E-state index is 5.27. The lowest BCUT2D eigenvalue weighted by molar-refractivity contribution is 0.366. The zero-order valence-corrected chi connectivity index (χ0v) is 12.7. The highest BCUT2D eigenvalue weighted by atomic mass is 79.9. The molecule has 0 radical (unpaired) electrons. The van der Waals surface area contributed by atoms with Crippen LogP contribution in [0.4, 0.5) is 0 Å². The van der Waals surface area contributed by atoms with Crippen molar-refractivity contribution >= 4 is 15.9 Å². The summed E-state index contributed by atoms with van der Waals surface area (Å²) in [5, 5.41) is 1.07. The summed E-state index contributed by atoms with van der Waals surface area (Å²) in [4.78, 5) is 0. The fraction of sp³-hybridized carbons (Fsp3) is 0.600. The molecule has 0 heterocycles. The van der Waals surface area contributed by atoms with Crippen LogP contribution in [0.5, 0.6) is 5.75 Å². The summed E-state index contributed by atoms with van der Waals surface area (Å²) in [7, 11) is 1.72. The number of ether oxygens (including phenoxy) is 1. The smallest absolute Gasteiger partial charge is 0.119 e. The van der Waals surface area contributed by atoms with Gasteiger partial charge in [-0.25, -0.2) is 0 Å². The maximum atomic E-state index is 5.27. The second-order valence-electron chi connectivity index (χ2n) is 4.74. The quantitative estimate of drug-likeness (QED) is 0.664. The molecule has 0 saturated carbocycles. The zero-order valence-electron chi connectivity index (χ0n) is 11.1. The Morgan fingerprint density at radius 2 is 2.12 bits per heavy atom. The van der Waals surface area contributed by atoms with E-state index in [1.54, 1.807) is 7.11 Å². The van der Waals surface area contributed by atoms with Crippen LogP contribution < -0.4 is 4.74 Å². The Kier molecular flexibility index (Phi) is 6.64. The molecule has 2 unspecified atom stereocenters. The van der Waals surface area contributed by atoms with Crippen molar-refractivity contribution in [2.75, 3.05) is 12.4 Å². The van der Waals surface area contributed by atoms with E-state index in [1.165, 1.54) is 18.4 Å². The first kappa shape index (κ1) is 14.6. The van der Waals surface area contributed by atoms with Gasteiger partial charge in [-0.1, -0.05) is 54.8 Å². The van der Waals surface area contributed by atoms with Crippen molar-refractivity contribution in [2.45, 2.75) is 33.1 Å². The van der Waals surface area contributed by atoms with Gasteiger partial charge in [0.2, 0.25) is 0 Å². The highest BCUT2D eigenvalue weighted by Gasteiger charge is 2.16. The number of hydrogen-bond donors (Lipinski definition) is 0. The van der Waals surface area contributed by atoms with Gasteiger partial charge in [0, 0.05) is 5.33 Å². The van der Waals surface area contributed by atoms with Crippen molar-refractivity contribution in [3.05, 3.63) is 29.8 Å². The molecule has 2 atom stereocenters. The highest BCUT2D eigenvalue weighted by Crippen LogP contribution is 2.25. The Morgan fingerprint density at radius 3 is 2.71 bits per heavy atom. The number of hydrogen-bond acceptors (Lipinski definition) is 1. The molecule has 0 spiro atoms. The van der Waals surface area contributed by atoms with E-state index in [-0.39, 0.29) is 0 Å². The first-order valence-corrected chi connectivity index (χ1v) is 7.52. The van der Waals surface area contributed by atoms with Gasteiger partial charge in [0.15, 0.2) is 0 Å². The van der Waals surface area contributed by atoms with Crippen LogP contribution in [-0.4, -0.2) is 12.4 Å². The fourth-order valence-corrected chi connectivity index (χ4v) is 3.07. The molecule has 2 heteroatoms. The van der Waals surface area contributed by atoms with E-state index in [4.69, 9.17) is 4.74 Å². The predicted molar refractivity (Wildman–Crippen MR) is 78.1 cm³/mol. The minimum absolute atomic E-state index is 0.710. The summed E-state index contributed by atoms with van der Waals surface area (Å²) >= 11 is 3.65. The Labute approximate surface area is 114 Å². The molecule has 0 aliphatic heterocycles. The van der Waals surface area contributed by atoms with E-state index < -0.39 is 0 Å². The van der Waals surface area contributed by atoms with Crippen molar-refractivity contribution in [3.63, 3.8) is 0 Å². The second kappa shape index (κ2) is 7.75. The summed E-state index contributed by atoms with van der Waals surface area (Å²) in [6.07, 6.45) is 3.70. The minimum atomic E-state index is 0.710. The lowest BCUT2D eigenvalue weighted by Gasteiger charge is -2.21. The molecular weight excluding hydrogens is 276 g/mol. The van der Waals surface area contributed by atoms with Gasteiger partial charge in [-0.15, -0.1) is 0 Å². The SMILES string of the molecule is CCCC(C)C(CBr)Cc1cccc(OC)c1. The van der Waals surface area contributed by atoms with Crippen molar-refractivity contribution in [2.24, 2.45) is 11.8 Å². The van der Waals surface area contributed by atoms with Crippen LogP contribution in [0.2, 0.25) is 0 Å². The van der Waals surface area contributed by atoms with Gasteiger partial charge in [0.25, 0.3) is 0 Å². The van der Waals surface area contributed by atoms with Crippen LogP contribution in [0.1, 0.15) is 32.3 Å². The molecule has 0 bridgehead atoms. The molecule has 0 aromatic heterocycles. The van der Waals surface area contributed by atoms with Crippen LogP contribution >= 0.6 is 15.9 Å². The maximum Gasteiger partial charge on any atom is 0.119 e. The average Bonchev–Trinajstić information content (AvgIpc) is 2.36. The minimum Gasteiger partial charge on any atom is -0.497 e. The monoisotopic (exact) mass is 298 g/mol. The summed E-state index contributed by atoms with van der Waals surface area (Å²) in [5.74, 6) is 2.44. The number of benzene rings is 1. The zero-order chi connectivity index (χ0) is 12.7. The van der Waals surface area contributed by atoms with Crippen molar-refractivity contribution < 1.29 is 4.74 Å². The van der Waals surface area contributed by atoms with Crippen molar-refractivity contribution in [3.8, 4) is 5.75 Å². The van der Waals surface area contributed by atoms with E-state index in [9.17, 15) is 0 Å². The van der Waals surface area contributed by atoms with E-state index in [0.717, 1.165) is 23.4 Å². The van der Waals surface area contributed by atoms with E-state index in [2.05, 4.69) is 48.0 Å². The second-order valence-corrected chi connectivity index (χ2v) is 5.38. The van der Waals surface area contributed by atoms with Gasteiger partial charge < -0.3 is 4.74 Å². The van der Waals surface area contributed by atoms with Gasteiger partial charge in [-0.3, -0.25) is 0 Å². The Hall–Kier alpha value is -0.500. The standard InChI is InChI=1S/C15H23BrO/c1-4-6-12(2)14(11-16)9-13-7-5-8-15(10-13)17-3/h5,7-8,10,12,14H,4,6,9,11H2,1-3H3. The van der Waals surface area contributed by atoms with Crippen LogP contribution in [0.25, 0.3) is 0 Å². The van der Waals surface area contributed by atoms with Gasteiger partial charge in [-0.05, 0) is 36.0 Å². The number of rotatable bonds is 7. The third kappa shape index (κ3) is 4.71. The molecule has 0 fully saturated rings. The van der Waals surface area contributed by atoms with Crippen LogP contribution in [0.3, 0.4) is 0 Å². The number of halogens is 1. The molecule has 0 saturated heterocycles. The van der Waals surface area contributed by atoms with Gasteiger partial charge in [0.05, 0.1) is 7.11 Å².